The zero-order valence-electron chi connectivity index (χ0n) is 13.9. The van der Waals surface area contributed by atoms with Crippen LogP contribution in [0.1, 0.15) is 27.6 Å². The van der Waals surface area contributed by atoms with Crippen LogP contribution in [0.3, 0.4) is 0 Å². The molecule has 0 saturated heterocycles. The number of anilines is 1. The van der Waals surface area contributed by atoms with Crippen molar-refractivity contribution < 1.29 is 19.6 Å². The van der Waals surface area contributed by atoms with Gasteiger partial charge in [0.2, 0.25) is 0 Å². The number of hydrogen-bond donors (Lipinski definition) is 4. The third-order valence-corrected chi connectivity index (χ3v) is 4.11. The lowest BCUT2D eigenvalue weighted by Crippen LogP contribution is -2.35. The van der Waals surface area contributed by atoms with Crippen LogP contribution in [0.5, 0.6) is 0 Å². The molecule has 0 spiro atoms. The predicted molar refractivity (Wildman–Crippen MR) is 97.9 cm³/mol. The Morgan fingerprint density at radius 3 is 2.54 bits per heavy atom. The Kier molecular flexibility index (Phi) is 4.74. The summed E-state index contributed by atoms with van der Waals surface area (Å²) in [6, 6.07) is 9.18. The van der Waals surface area contributed by atoms with Gasteiger partial charge in [-0.1, -0.05) is 6.07 Å². The Morgan fingerprint density at radius 1 is 1.15 bits per heavy atom. The number of aromatic nitrogens is 2. The second kappa shape index (κ2) is 6.99. The first-order valence-electron chi connectivity index (χ1n) is 7.93. The molecule has 132 valence electrons. The van der Waals surface area contributed by atoms with Gasteiger partial charge in [-0.25, -0.2) is 4.79 Å². The van der Waals surface area contributed by atoms with Crippen molar-refractivity contribution >= 4 is 41.5 Å². The van der Waals surface area contributed by atoms with Gasteiger partial charge in [-0.15, -0.1) is 0 Å². The smallest absolute Gasteiger partial charge is 0.423 e. The van der Waals surface area contributed by atoms with Crippen LogP contribution in [0.2, 0.25) is 0 Å². The molecule has 3 rings (SSSR count). The van der Waals surface area contributed by atoms with Crippen LogP contribution in [-0.2, 0) is 0 Å². The first kappa shape index (κ1) is 17.7. The number of fused-ring (bicyclic) bond motifs is 1. The van der Waals surface area contributed by atoms with E-state index in [2.05, 4.69) is 9.97 Å². The SMILES string of the molecule is CCN(C(=O)c1ccc(B(O)O)c(C=O)c1)c1ccc2[nH]c(=O)[nH]c2c1. The van der Waals surface area contributed by atoms with Gasteiger partial charge in [0.15, 0.2) is 0 Å². The molecule has 8 nitrogen and oxygen atoms in total. The minimum Gasteiger partial charge on any atom is -0.423 e. The van der Waals surface area contributed by atoms with Crippen molar-refractivity contribution in [2.24, 2.45) is 0 Å². The summed E-state index contributed by atoms with van der Waals surface area (Å²) in [5, 5.41) is 18.5. The highest BCUT2D eigenvalue weighted by Crippen LogP contribution is 2.21. The first-order valence-corrected chi connectivity index (χ1v) is 7.93. The summed E-state index contributed by atoms with van der Waals surface area (Å²) in [7, 11) is -1.80. The van der Waals surface area contributed by atoms with Gasteiger partial charge in [0.25, 0.3) is 5.91 Å². The lowest BCUT2D eigenvalue weighted by molar-refractivity contribution is 0.0988. The van der Waals surface area contributed by atoms with Crippen LogP contribution in [0, 0.1) is 0 Å². The quantitative estimate of drug-likeness (QED) is 0.380. The average Bonchev–Trinajstić information content (AvgIpc) is 3.00. The molecule has 0 unspecified atom stereocenters. The molecular weight excluding hydrogens is 337 g/mol. The maximum Gasteiger partial charge on any atom is 0.489 e. The highest BCUT2D eigenvalue weighted by Gasteiger charge is 2.21. The van der Waals surface area contributed by atoms with Crippen LogP contribution in [0.4, 0.5) is 5.69 Å². The van der Waals surface area contributed by atoms with Crippen molar-refractivity contribution in [2.45, 2.75) is 6.92 Å². The number of amides is 1. The fourth-order valence-electron chi connectivity index (χ4n) is 2.83. The highest BCUT2D eigenvalue weighted by atomic mass is 16.4. The molecule has 0 aliphatic rings. The van der Waals surface area contributed by atoms with Crippen molar-refractivity contribution in [3.63, 3.8) is 0 Å². The molecule has 0 aliphatic carbocycles. The Hall–Kier alpha value is -3.17. The summed E-state index contributed by atoms with van der Waals surface area (Å²) in [4.78, 5) is 42.2. The van der Waals surface area contributed by atoms with Crippen molar-refractivity contribution in [1.82, 2.24) is 9.97 Å². The number of hydrogen-bond acceptors (Lipinski definition) is 5. The summed E-state index contributed by atoms with van der Waals surface area (Å²) < 4.78 is 0. The molecule has 2 aromatic carbocycles. The maximum absolute atomic E-state index is 12.9. The molecule has 1 aromatic heterocycles. The summed E-state index contributed by atoms with van der Waals surface area (Å²) in [5.74, 6) is -0.355. The summed E-state index contributed by atoms with van der Waals surface area (Å²) in [6.45, 7) is 2.16. The van der Waals surface area contributed by atoms with E-state index in [4.69, 9.17) is 0 Å². The van der Waals surface area contributed by atoms with Crippen LogP contribution < -0.4 is 16.1 Å². The molecular formula is C17H16BN3O5. The van der Waals surface area contributed by atoms with Gasteiger partial charge in [-0.3, -0.25) is 9.59 Å². The fourth-order valence-corrected chi connectivity index (χ4v) is 2.83. The van der Waals surface area contributed by atoms with Gasteiger partial charge in [-0.2, -0.15) is 0 Å². The number of benzene rings is 2. The van der Waals surface area contributed by atoms with E-state index < -0.39 is 7.12 Å². The number of aldehydes is 1. The molecule has 0 fully saturated rings. The van der Waals surface area contributed by atoms with E-state index in [-0.39, 0.29) is 28.2 Å². The Balaban J connectivity index is 2.00. The molecule has 0 bridgehead atoms. The maximum atomic E-state index is 12.9. The Labute approximate surface area is 148 Å². The number of nitrogens with zero attached hydrogens (tertiary/aromatic N) is 1. The zero-order chi connectivity index (χ0) is 18.8. The number of H-pyrrole nitrogens is 2. The molecule has 9 heteroatoms. The van der Waals surface area contributed by atoms with Crippen molar-refractivity contribution in [2.75, 3.05) is 11.4 Å². The second-order valence-corrected chi connectivity index (χ2v) is 5.69. The number of rotatable bonds is 5. The van der Waals surface area contributed by atoms with Gasteiger partial charge >= 0.3 is 12.8 Å². The molecule has 3 aromatic rings. The normalized spacial score (nSPS) is 10.7. The standard InChI is InChI=1S/C17H16BN3O5/c1-2-21(12-4-6-14-15(8-12)20-17(24)19-14)16(23)10-3-5-13(18(25)26)11(7-10)9-22/h3-9,25-26H,2H2,1H3,(H2,19,20,24). The topological polar surface area (TPSA) is 126 Å². The zero-order valence-corrected chi connectivity index (χ0v) is 13.9. The molecule has 26 heavy (non-hydrogen) atoms. The molecule has 1 heterocycles. The van der Waals surface area contributed by atoms with E-state index in [1.54, 1.807) is 25.1 Å². The van der Waals surface area contributed by atoms with E-state index >= 15 is 0 Å². The summed E-state index contributed by atoms with van der Waals surface area (Å²) >= 11 is 0. The summed E-state index contributed by atoms with van der Waals surface area (Å²) in [5.41, 5.74) is 1.76. The minimum atomic E-state index is -1.80. The van der Waals surface area contributed by atoms with Crippen LogP contribution in [0.15, 0.2) is 41.2 Å². The van der Waals surface area contributed by atoms with E-state index in [0.717, 1.165) is 0 Å². The van der Waals surface area contributed by atoms with E-state index in [1.165, 1.54) is 23.1 Å². The number of aromatic amines is 2. The van der Waals surface area contributed by atoms with Crippen LogP contribution >= 0.6 is 0 Å². The van der Waals surface area contributed by atoms with Crippen LogP contribution in [0.25, 0.3) is 11.0 Å². The Morgan fingerprint density at radius 2 is 1.88 bits per heavy atom. The van der Waals surface area contributed by atoms with Gasteiger partial charge in [0, 0.05) is 23.4 Å². The molecule has 1 amide bonds. The predicted octanol–water partition coefficient (Wildman–Crippen LogP) is 0.0152. The van der Waals surface area contributed by atoms with E-state index in [0.29, 0.717) is 29.6 Å². The van der Waals surface area contributed by atoms with Gasteiger partial charge < -0.3 is 24.9 Å². The van der Waals surface area contributed by atoms with Crippen LogP contribution in [-0.4, -0.2) is 45.9 Å². The monoisotopic (exact) mass is 353 g/mol. The molecule has 0 atom stereocenters. The summed E-state index contributed by atoms with van der Waals surface area (Å²) in [6.07, 6.45) is 0.471. The molecule has 0 radical (unpaired) electrons. The molecule has 0 aliphatic heterocycles. The number of imidazole rings is 1. The van der Waals surface area contributed by atoms with E-state index in [1.807, 2.05) is 0 Å². The first-order chi connectivity index (χ1) is 12.4. The van der Waals surface area contributed by atoms with Gasteiger partial charge in [0.1, 0.15) is 6.29 Å². The number of nitrogens with one attached hydrogen (secondary N) is 2. The largest absolute Gasteiger partial charge is 0.489 e. The second-order valence-electron chi connectivity index (χ2n) is 5.69. The Bertz CT molecular complexity index is 1040. The van der Waals surface area contributed by atoms with Crippen molar-refractivity contribution in [1.29, 1.82) is 0 Å². The minimum absolute atomic E-state index is 0.0333. The lowest BCUT2D eigenvalue weighted by Gasteiger charge is -2.21. The molecule has 4 N–H and O–H groups in total. The fraction of sp³-hybridized carbons (Fsp3) is 0.118. The van der Waals surface area contributed by atoms with Gasteiger partial charge in [-0.05, 0) is 42.7 Å². The lowest BCUT2D eigenvalue weighted by atomic mass is 9.77. The average molecular weight is 353 g/mol. The number of carbonyl (C=O) groups excluding carboxylic acids is 2. The van der Waals surface area contributed by atoms with Gasteiger partial charge in [0.05, 0.1) is 11.0 Å². The molecule has 0 saturated carbocycles. The van der Waals surface area contributed by atoms with Crippen molar-refractivity contribution in [3.05, 3.63) is 58.0 Å². The highest BCUT2D eigenvalue weighted by molar-refractivity contribution is 6.60. The third-order valence-electron chi connectivity index (χ3n) is 4.11. The van der Waals surface area contributed by atoms with E-state index in [9.17, 15) is 24.4 Å². The van der Waals surface area contributed by atoms with Crippen molar-refractivity contribution in [3.8, 4) is 0 Å². The third kappa shape index (κ3) is 3.17. The number of carbonyl (C=O) groups is 2.